The minimum absolute atomic E-state index is 0.0626. The van der Waals surface area contributed by atoms with Crippen molar-refractivity contribution in [1.29, 1.82) is 0 Å². The number of halogens is 3. The molecule has 49 heavy (non-hydrogen) atoms. The molecule has 5 saturated carbocycles. The van der Waals surface area contributed by atoms with Crippen LogP contribution in [0.1, 0.15) is 73.7 Å². The van der Waals surface area contributed by atoms with Gasteiger partial charge in [0.15, 0.2) is 22.6 Å². The number of aryl methyl sites for hydroxylation is 1. The second-order valence-corrected chi connectivity index (χ2v) is 14.5. The van der Waals surface area contributed by atoms with Crippen LogP contribution in [0.5, 0.6) is 5.75 Å². The zero-order valence-electron chi connectivity index (χ0n) is 27.5. The third kappa shape index (κ3) is 4.76. The Bertz CT molecular complexity index is 1940. The molecule has 6 fully saturated rings. The van der Waals surface area contributed by atoms with Crippen LogP contribution in [0.3, 0.4) is 0 Å². The minimum atomic E-state index is -4.29. The molecular formula is C33H38F3N9O4. The Morgan fingerprint density at radius 2 is 1.80 bits per heavy atom. The lowest BCUT2D eigenvalue weighted by atomic mass is 9.39. The normalized spacial score (nSPS) is 27.1. The first kappa shape index (κ1) is 31.7. The Hall–Kier alpha value is -4.50. The summed E-state index contributed by atoms with van der Waals surface area (Å²) >= 11 is 0. The first-order valence-corrected chi connectivity index (χ1v) is 16.9. The van der Waals surface area contributed by atoms with Gasteiger partial charge in [-0.25, -0.2) is 19.9 Å². The van der Waals surface area contributed by atoms with E-state index in [1.807, 2.05) is 23.8 Å². The summed E-state index contributed by atoms with van der Waals surface area (Å²) in [6.45, 7) is 3.82. The fourth-order valence-electron chi connectivity index (χ4n) is 8.59. The predicted octanol–water partition coefficient (Wildman–Crippen LogP) is 2.85. The van der Waals surface area contributed by atoms with Gasteiger partial charge in [-0.05, 0) is 58.3 Å². The van der Waals surface area contributed by atoms with Gasteiger partial charge in [0.1, 0.15) is 24.4 Å². The number of pyridine rings is 1. The highest BCUT2D eigenvalue weighted by molar-refractivity contribution is 5.95. The zero-order valence-corrected chi connectivity index (χ0v) is 27.5. The summed E-state index contributed by atoms with van der Waals surface area (Å²) in [6, 6.07) is -0.136. The van der Waals surface area contributed by atoms with Gasteiger partial charge in [-0.3, -0.25) is 14.4 Å². The van der Waals surface area contributed by atoms with E-state index in [2.05, 4.69) is 20.3 Å². The summed E-state index contributed by atoms with van der Waals surface area (Å²) in [6.07, 6.45) is 1.98. The highest BCUT2D eigenvalue weighted by atomic mass is 19.4. The largest absolute Gasteiger partial charge is 0.504 e. The van der Waals surface area contributed by atoms with Gasteiger partial charge < -0.3 is 29.7 Å². The van der Waals surface area contributed by atoms with Crippen molar-refractivity contribution in [3.63, 3.8) is 0 Å². The highest BCUT2D eigenvalue weighted by Gasteiger charge is 2.79. The van der Waals surface area contributed by atoms with E-state index in [9.17, 15) is 32.7 Å². The smallest absolute Gasteiger partial charge is 0.394 e. The lowest BCUT2D eigenvalue weighted by Gasteiger charge is -2.70. The number of rotatable bonds is 8. The molecule has 0 spiro atoms. The van der Waals surface area contributed by atoms with E-state index in [0.29, 0.717) is 54.7 Å². The Morgan fingerprint density at radius 3 is 2.43 bits per heavy atom. The first-order valence-electron chi connectivity index (χ1n) is 16.9. The van der Waals surface area contributed by atoms with E-state index in [4.69, 9.17) is 4.98 Å². The average molecular weight is 682 g/mol. The molecule has 0 radical (unpaired) electrons. The summed E-state index contributed by atoms with van der Waals surface area (Å²) < 4.78 is 42.2. The molecule has 5 aliphatic carbocycles. The monoisotopic (exact) mass is 681 g/mol. The van der Waals surface area contributed by atoms with Crippen LogP contribution in [-0.2, 0) is 17.8 Å². The zero-order chi connectivity index (χ0) is 34.6. The molecular weight excluding hydrogens is 643 g/mol. The van der Waals surface area contributed by atoms with Crippen molar-refractivity contribution < 1.29 is 27.9 Å². The average Bonchev–Trinajstić information content (AvgIpc) is 3.85. The van der Waals surface area contributed by atoms with Crippen molar-refractivity contribution in [3.8, 4) is 5.75 Å². The number of piperazine rings is 1. The molecule has 2 atom stereocenters. The maximum absolute atomic E-state index is 14.5. The summed E-state index contributed by atoms with van der Waals surface area (Å²) in [7, 11) is 1.91. The van der Waals surface area contributed by atoms with Crippen LogP contribution < -0.4 is 20.5 Å². The van der Waals surface area contributed by atoms with Crippen LogP contribution in [0.4, 0.5) is 24.7 Å². The van der Waals surface area contributed by atoms with E-state index >= 15 is 0 Å². The molecule has 260 valence electrons. The van der Waals surface area contributed by atoms with E-state index < -0.39 is 28.9 Å². The number of aromatic hydroxyl groups is 1. The van der Waals surface area contributed by atoms with Crippen LogP contribution in [0.15, 0.2) is 17.3 Å². The Morgan fingerprint density at radius 1 is 1.08 bits per heavy atom. The van der Waals surface area contributed by atoms with Crippen molar-refractivity contribution in [3.05, 3.63) is 39.8 Å². The molecule has 2 bridgehead atoms. The third-order valence-corrected chi connectivity index (χ3v) is 11.5. The number of hydrogen-bond acceptors (Lipinski definition) is 10. The van der Waals surface area contributed by atoms with Crippen molar-refractivity contribution in [2.75, 3.05) is 29.9 Å². The number of nitrogens with zero attached hydrogens (tertiary/aromatic N) is 8. The number of anilines is 2. The number of alkyl halides is 3. The fourth-order valence-corrected chi connectivity index (χ4v) is 8.59. The molecule has 9 rings (SSSR count). The molecule has 0 unspecified atom stereocenters. The minimum Gasteiger partial charge on any atom is -0.504 e. The van der Waals surface area contributed by atoms with Crippen LogP contribution in [-0.4, -0.2) is 96.3 Å². The molecule has 13 nitrogen and oxygen atoms in total. The van der Waals surface area contributed by atoms with Crippen LogP contribution in [0, 0.1) is 12.3 Å². The Kier molecular flexibility index (Phi) is 6.96. The van der Waals surface area contributed by atoms with Gasteiger partial charge in [0.05, 0.1) is 23.3 Å². The number of aromatic nitrogens is 5. The second kappa shape index (κ2) is 10.7. The van der Waals surface area contributed by atoms with Gasteiger partial charge in [-0.1, -0.05) is 6.92 Å². The Labute approximate surface area is 279 Å². The molecule has 1 aliphatic heterocycles. The molecule has 3 aromatic rings. The van der Waals surface area contributed by atoms with Crippen molar-refractivity contribution in [1.82, 2.24) is 34.7 Å². The number of fused-ring (bicyclic) bond motifs is 2. The van der Waals surface area contributed by atoms with Crippen LogP contribution >= 0.6 is 0 Å². The molecule has 2 amide bonds. The highest BCUT2D eigenvalue weighted by Crippen LogP contribution is 2.73. The van der Waals surface area contributed by atoms with Crippen molar-refractivity contribution >= 4 is 34.5 Å². The van der Waals surface area contributed by atoms with E-state index in [1.165, 1.54) is 6.33 Å². The third-order valence-electron chi connectivity index (χ3n) is 11.5. The summed E-state index contributed by atoms with van der Waals surface area (Å²) in [5, 5.41) is 13.4. The van der Waals surface area contributed by atoms with Gasteiger partial charge >= 0.3 is 6.18 Å². The van der Waals surface area contributed by atoms with Crippen LogP contribution in [0.25, 0.3) is 11.2 Å². The fraction of sp³-hybridized carbons (Fsp3) is 0.606. The topological polar surface area (TPSA) is 150 Å². The summed E-state index contributed by atoms with van der Waals surface area (Å²) in [4.78, 5) is 64.8. The summed E-state index contributed by atoms with van der Waals surface area (Å²) in [5.74, 6) is -0.562. The van der Waals surface area contributed by atoms with E-state index in [-0.39, 0.29) is 72.5 Å². The van der Waals surface area contributed by atoms with Gasteiger partial charge in [0.2, 0.25) is 11.3 Å². The lowest BCUT2D eigenvalue weighted by molar-refractivity contribution is -0.337. The molecule has 4 heterocycles. The van der Waals surface area contributed by atoms with Gasteiger partial charge in [0, 0.05) is 43.5 Å². The number of carbonyl (C=O) groups excluding carboxylic acids is 2. The maximum Gasteiger partial charge on any atom is 0.394 e. The maximum atomic E-state index is 14.5. The SMILES string of the molecule is CCc1c(N2CCN(C(=O)c3ncnc(C)c3O)[C@@H]3CC[C@H]32)c(=O)c2nc(N(C)C3CC3)cnc2n1CC(=O)NC12CC(C(F)(F)F)(C1)C2. The standard InChI is InChI=1S/C33H38F3N9O4/c1-4-19-26(43-9-10-44(21-8-7-20(21)43)30(49)25-27(47)17(2)38-16-39-25)28(48)24-29(37-11-22(40-24)42(3)18-5-6-18)45(19)12-23(46)41-32-13-31(14-32,15-32)33(34,35)36/h11,16,18,20-21,47H,4-10,12-15H2,1-3H3,(H,41,46)/t20-,21-,31?,32?/m1/s1. The number of amides is 2. The van der Waals surface area contributed by atoms with Gasteiger partial charge in [-0.15, -0.1) is 0 Å². The van der Waals surface area contributed by atoms with Crippen molar-refractivity contribution in [2.24, 2.45) is 5.41 Å². The number of hydrogen-bond donors (Lipinski definition) is 2. The quantitative estimate of drug-likeness (QED) is 0.364. The molecule has 1 saturated heterocycles. The van der Waals surface area contributed by atoms with E-state index in [0.717, 1.165) is 12.8 Å². The summed E-state index contributed by atoms with van der Waals surface area (Å²) in [5.41, 5.74) is -1.31. The predicted molar refractivity (Wildman–Crippen MR) is 171 cm³/mol. The number of carbonyl (C=O) groups is 2. The Balaban J connectivity index is 1.14. The first-order chi connectivity index (χ1) is 23.3. The number of nitrogens with one attached hydrogen (secondary N) is 1. The van der Waals surface area contributed by atoms with E-state index in [1.54, 1.807) is 22.6 Å². The molecule has 0 aromatic carbocycles. The lowest BCUT2D eigenvalue weighted by Crippen LogP contribution is -2.78. The molecule has 6 aliphatic rings. The molecule has 16 heteroatoms. The molecule has 2 N–H and O–H groups in total. The van der Waals surface area contributed by atoms with Gasteiger partial charge in [0.25, 0.3) is 5.91 Å². The van der Waals surface area contributed by atoms with Crippen LogP contribution in [0.2, 0.25) is 0 Å². The van der Waals surface area contributed by atoms with Crippen molar-refractivity contribution in [2.45, 2.75) is 102 Å². The van der Waals surface area contributed by atoms with Gasteiger partial charge in [-0.2, -0.15) is 13.2 Å². The molecule has 3 aromatic heterocycles. The second-order valence-electron chi connectivity index (χ2n) is 14.5.